The fraction of sp³-hybridized carbons (Fsp3) is 0.841. The van der Waals surface area contributed by atoms with Gasteiger partial charge in [0, 0.05) is 0 Å². The third kappa shape index (κ3) is 36.2. The molecule has 0 fully saturated rings. The highest BCUT2D eigenvalue weighted by Crippen LogP contribution is 2.15. The Morgan fingerprint density at radius 3 is 1.33 bits per heavy atom. The molecular weight excluding hydrogens is 606 g/mol. The zero-order valence-electron chi connectivity index (χ0n) is 32.6. The van der Waals surface area contributed by atoms with Gasteiger partial charge in [0.05, 0.1) is 31.3 Å². The van der Waals surface area contributed by atoms with Crippen LogP contribution in [0, 0.1) is 0 Å². The maximum Gasteiger partial charge on any atom is 0.222 e. The van der Waals surface area contributed by atoms with E-state index in [1.165, 1.54) is 154 Å². The summed E-state index contributed by atoms with van der Waals surface area (Å²) in [7, 11) is 0. The summed E-state index contributed by atoms with van der Waals surface area (Å²) in [6.45, 7) is 4.16. The zero-order chi connectivity index (χ0) is 35.9. The van der Waals surface area contributed by atoms with Gasteiger partial charge in [-0.3, -0.25) is 4.79 Å². The van der Waals surface area contributed by atoms with Gasteiger partial charge < -0.3 is 20.6 Å². The Kier molecular flexibility index (Phi) is 38.2. The minimum Gasteiger partial charge on any atom is -0.394 e. The van der Waals surface area contributed by atoms with E-state index in [-0.39, 0.29) is 18.9 Å². The predicted molar refractivity (Wildman–Crippen MR) is 213 cm³/mol. The number of carbonyl (C=O) groups is 1. The Bertz CT molecular complexity index is 764. The van der Waals surface area contributed by atoms with Gasteiger partial charge in [0.15, 0.2) is 0 Å². The summed E-state index contributed by atoms with van der Waals surface area (Å²) in [6.07, 6.45) is 48.7. The lowest BCUT2D eigenvalue weighted by Gasteiger charge is -2.21. The summed E-state index contributed by atoms with van der Waals surface area (Å²) < 4.78 is 0. The third-order valence-electron chi connectivity index (χ3n) is 9.65. The van der Waals surface area contributed by atoms with Gasteiger partial charge in [0.1, 0.15) is 0 Å². The topological polar surface area (TPSA) is 89.8 Å². The van der Waals surface area contributed by atoms with Crippen molar-refractivity contribution in [3.05, 3.63) is 36.5 Å². The number of aliphatic hydroxyl groups is 3. The first kappa shape index (κ1) is 47.6. The van der Waals surface area contributed by atoms with E-state index >= 15 is 0 Å². The summed E-state index contributed by atoms with van der Waals surface area (Å²) >= 11 is 0. The van der Waals surface area contributed by atoms with Crippen LogP contribution in [0.15, 0.2) is 36.5 Å². The molecule has 0 spiro atoms. The first-order valence-corrected chi connectivity index (χ1v) is 21.3. The van der Waals surface area contributed by atoms with E-state index in [4.69, 9.17) is 0 Å². The second kappa shape index (κ2) is 39.4. The molecule has 0 aromatic rings. The summed E-state index contributed by atoms with van der Waals surface area (Å²) in [4.78, 5) is 12.4. The normalized spacial score (nSPS) is 14.0. The average Bonchev–Trinajstić information content (AvgIpc) is 3.09. The highest BCUT2D eigenvalue weighted by molar-refractivity contribution is 5.76. The summed E-state index contributed by atoms with van der Waals surface area (Å²) in [5.41, 5.74) is 0. The molecule has 0 radical (unpaired) electrons. The van der Waals surface area contributed by atoms with Crippen molar-refractivity contribution in [3.63, 3.8) is 0 Å². The quantitative estimate of drug-likeness (QED) is 0.0384. The number of amides is 1. The monoisotopic (exact) mass is 690 g/mol. The van der Waals surface area contributed by atoms with Gasteiger partial charge in [-0.1, -0.05) is 185 Å². The average molecular weight is 690 g/mol. The van der Waals surface area contributed by atoms with Crippen LogP contribution in [0.25, 0.3) is 0 Å². The molecule has 4 N–H and O–H groups in total. The smallest absolute Gasteiger partial charge is 0.222 e. The second-order valence-electron chi connectivity index (χ2n) is 14.6. The highest BCUT2D eigenvalue weighted by atomic mass is 16.3. The molecule has 0 saturated carbocycles. The summed E-state index contributed by atoms with van der Waals surface area (Å²) in [5, 5.41) is 33.0. The number of aliphatic hydroxyl groups excluding tert-OH is 3. The van der Waals surface area contributed by atoms with Gasteiger partial charge in [-0.2, -0.15) is 0 Å². The molecule has 49 heavy (non-hydrogen) atoms. The number of nitrogens with one attached hydrogen (secondary N) is 1. The van der Waals surface area contributed by atoms with E-state index < -0.39 is 18.2 Å². The fourth-order valence-corrected chi connectivity index (χ4v) is 6.35. The van der Waals surface area contributed by atoms with Crippen molar-refractivity contribution < 1.29 is 20.1 Å². The van der Waals surface area contributed by atoms with Crippen LogP contribution >= 0.6 is 0 Å². The van der Waals surface area contributed by atoms with E-state index in [2.05, 4.69) is 43.5 Å². The molecule has 0 aromatic heterocycles. The van der Waals surface area contributed by atoms with Crippen LogP contribution in [0.1, 0.15) is 213 Å². The van der Waals surface area contributed by atoms with Crippen molar-refractivity contribution in [2.24, 2.45) is 0 Å². The van der Waals surface area contributed by atoms with Crippen LogP contribution in [-0.2, 0) is 4.79 Å². The van der Waals surface area contributed by atoms with Crippen molar-refractivity contribution in [1.82, 2.24) is 5.32 Å². The Morgan fingerprint density at radius 2 is 0.878 bits per heavy atom. The second-order valence-corrected chi connectivity index (χ2v) is 14.6. The van der Waals surface area contributed by atoms with Gasteiger partial charge in [-0.25, -0.2) is 0 Å². The minimum atomic E-state index is -0.950. The molecule has 5 heteroatoms. The van der Waals surface area contributed by atoms with Gasteiger partial charge >= 0.3 is 0 Å². The number of carbonyl (C=O) groups excluding carboxylic acids is 1. The number of hydrogen-bond donors (Lipinski definition) is 4. The van der Waals surface area contributed by atoms with Gasteiger partial charge in [0.25, 0.3) is 0 Å². The molecule has 1 amide bonds. The molecule has 0 bridgehead atoms. The van der Waals surface area contributed by atoms with Crippen LogP contribution in [-0.4, -0.2) is 46.1 Å². The standard InChI is InChI=1S/C44H83NO4/c1-3-5-7-9-11-13-15-16-17-18-19-20-21-22-23-24-25-26-27-28-29-31-33-35-37-41(47)39-44(49)45-42(40-46)43(48)38-36-34-32-30-14-12-10-8-6-4-2/h14,22-23,30,36,38,41-43,46-48H,3-13,15-21,24-29,31-35,37,39-40H2,1-2H3,(H,45,49)/b23-22-,30-14+,38-36+. The maximum absolute atomic E-state index is 12.4. The van der Waals surface area contributed by atoms with Crippen LogP contribution < -0.4 is 5.32 Å². The van der Waals surface area contributed by atoms with Crippen LogP contribution in [0.5, 0.6) is 0 Å². The molecule has 0 rings (SSSR count). The van der Waals surface area contributed by atoms with Crippen LogP contribution in [0.4, 0.5) is 0 Å². The maximum atomic E-state index is 12.4. The Morgan fingerprint density at radius 1 is 0.510 bits per heavy atom. The van der Waals surface area contributed by atoms with Gasteiger partial charge in [-0.05, 0) is 57.8 Å². The van der Waals surface area contributed by atoms with Crippen molar-refractivity contribution in [2.45, 2.75) is 231 Å². The molecule has 3 unspecified atom stereocenters. The SMILES string of the molecule is CCCCCC/C=C/CC/C=C/C(O)C(CO)NC(=O)CC(O)CCCCCCCCCC/C=C\CCCCCCCCCCCCCC. The molecular formula is C44H83NO4. The summed E-state index contributed by atoms with van der Waals surface area (Å²) in [5.74, 6) is -0.329. The van der Waals surface area contributed by atoms with E-state index in [0.29, 0.717) is 6.42 Å². The lowest BCUT2D eigenvalue weighted by atomic mass is 10.0. The van der Waals surface area contributed by atoms with E-state index in [9.17, 15) is 20.1 Å². The molecule has 0 aliphatic carbocycles. The van der Waals surface area contributed by atoms with Crippen LogP contribution in [0.3, 0.4) is 0 Å². The number of hydrogen-bond acceptors (Lipinski definition) is 4. The predicted octanol–water partition coefficient (Wildman–Crippen LogP) is 12.0. The van der Waals surface area contributed by atoms with E-state index in [0.717, 1.165) is 32.1 Å². The lowest BCUT2D eigenvalue weighted by molar-refractivity contribution is -0.124. The Balaban J connectivity index is 3.62. The molecule has 5 nitrogen and oxygen atoms in total. The first-order chi connectivity index (χ1) is 24.0. The van der Waals surface area contributed by atoms with Gasteiger partial charge in [-0.15, -0.1) is 0 Å². The number of allylic oxidation sites excluding steroid dienone is 5. The van der Waals surface area contributed by atoms with E-state index in [1.54, 1.807) is 6.08 Å². The fourth-order valence-electron chi connectivity index (χ4n) is 6.35. The molecule has 0 saturated heterocycles. The largest absolute Gasteiger partial charge is 0.394 e. The van der Waals surface area contributed by atoms with E-state index in [1.807, 2.05) is 6.08 Å². The zero-order valence-corrected chi connectivity index (χ0v) is 32.6. The first-order valence-electron chi connectivity index (χ1n) is 21.3. The number of unbranched alkanes of at least 4 members (excludes halogenated alkanes) is 25. The Labute approximate surface area is 304 Å². The molecule has 0 aromatic carbocycles. The van der Waals surface area contributed by atoms with Gasteiger partial charge in [0.2, 0.25) is 5.91 Å². The molecule has 3 atom stereocenters. The van der Waals surface area contributed by atoms with Crippen molar-refractivity contribution in [3.8, 4) is 0 Å². The third-order valence-corrected chi connectivity index (χ3v) is 9.65. The van der Waals surface area contributed by atoms with Crippen LogP contribution in [0.2, 0.25) is 0 Å². The molecule has 0 aliphatic rings. The van der Waals surface area contributed by atoms with Crippen molar-refractivity contribution in [1.29, 1.82) is 0 Å². The lowest BCUT2D eigenvalue weighted by Crippen LogP contribution is -2.45. The number of rotatable bonds is 38. The Hall–Kier alpha value is -1.43. The van der Waals surface area contributed by atoms with Crippen molar-refractivity contribution in [2.75, 3.05) is 6.61 Å². The molecule has 0 heterocycles. The minimum absolute atomic E-state index is 0.00376. The summed E-state index contributed by atoms with van der Waals surface area (Å²) in [6, 6.07) is -0.759. The highest BCUT2D eigenvalue weighted by Gasteiger charge is 2.20. The molecule has 0 aliphatic heterocycles. The molecule has 288 valence electrons. The van der Waals surface area contributed by atoms with Crippen molar-refractivity contribution >= 4 is 5.91 Å².